The number of likely N-dealkylation sites (tertiary alicyclic amines) is 1. The number of carbonyl (C=O) groups is 1. The van der Waals surface area contributed by atoms with Crippen LogP contribution in [0.2, 0.25) is 0 Å². The molecule has 1 amide bonds. The lowest BCUT2D eigenvalue weighted by Crippen LogP contribution is -2.32. The lowest BCUT2D eigenvalue weighted by Gasteiger charge is -2.23. The Hall–Kier alpha value is -2.13. The molecule has 148 valence electrons. The molecule has 3 nitrogen and oxygen atoms in total. The zero-order valence-corrected chi connectivity index (χ0v) is 16.8. The first-order chi connectivity index (χ1) is 13.8. The first kappa shape index (κ1) is 19.2. The van der Waals surface area contributed by atoms with Crippen LogP contribution < -0.4 is 5.32 Å². The highest BCUT2D eigenvalue weighted by molar-refractivity contribution is 5.84. The number of hydrogen-bond acceptors (Lipinski definition) is 2. The maximum Gasteiger partial charge on any atom is 0.228 e. The monoisotopic (exact) mass is 376 g/mol. The van der Waals surface area contributed by atoms with Crippen LogP contribution in [0.4, 0.5) is 0 Å². The van der Waals surface area contributed by atoms with Gasteiger partial charge in [0.05, 0.1) is 5.92 Å². The van der Waals surface area contributed by atoms with E-state index in [-0.39, 0.29) is 11.8 Å². The first-order valence-corrected chi connectivity index (χ1v) is 10.9. The zero-order chi connectivity index (χ0) is 19.2. The van der Waals surface area contributed by atoms with Crippen LogP contribution in [0.1, 0.15) is 61.1 Å². The minimum atomic E-state index is -0.0171. The van der Waals surface area contributed by atoms with Gasteiger partial charge in [0.2, 0.25) is 5.91 Å². The second-order valence-electron chi connectivity index (χ2n) is 8.45. The second-order valence-corrected chi connectivity index (χ2v) is 8.45. The van der Waals surface area contributed by atoms with Crippen molar-refractivity contribution < 1.29 is 4.79 Å². The molecule has 0 radical (unpaired) electrons. The van der Waals surface area contributed by atoms with Crippen LogP contribution in [0.25, 0.3) is 0 Å². The Balaban J connectivity index is 1.40. The van der Waals surface area contributed by atoms with Crippen LogP contribution in [-0.2, 0) is 17.9 Å². The quantitative estimate of drug-likeness (QED) is 0.747. The Kier molecular flexibility index (Phi) is 6.43. The van der Waals surface area contributed by atoms with Gasteiger partial charge in [-0.2, -0.15) is 0 Å². The van der Waals surface area contributed by atoms with Crippen molar-refractivity contribution in [3.8, 4) is 0 Å². The summed E-state index contributed by atoms with van der Waals surface area (Å²) in [7, 11) is 0. The number of nitrogens with one attached hydrogen (secondary N) is 1. The summed E-state index contributed by atoms with van der Waals surface area (Å²) < 4.78 is 0. The van der Waals surface area contributed by atoms with Crippen molar-refractivity contribution in [2.75, 3.05) is 13.1 Å². The summed E-state index contributed by atoms with van der Waals surface area (Å²) in [6.07, 6.45) is 7.46. The molecule has 1 aliphatic carbocycles. The van der Waals surface area contributed by atoms with Crippen LogP contribution in [-0.4, -0.2) is 23.9 Å². The van der Waals surface area contributed by atoms with Crippen molar-refractivity contribution in [1.82, 2.24) is 10.2 Å². The predicted octanol–water partition coefficient (Wildman–Crippen LogP) is 4.87. The molecular weight excluding hydrogens is 344 g/mol. The summed E-state index contributed by atoms with van der Waals surface area (Å²) in [5.74, 6) is 0.642. The Morgan fingerprint density at radius 2 is 1.64 bits per heavy atom. The molecule has 0 bridgehead atoms. The van der Waals surface area contributed by atoms with Gasteiger partial charge < -0.3 is 5.32 Å². The molecule has 4 rings (SSSR count). The molecule has 1 heterocycles. The summed E-state index contributed by atoms with van der Waals surface area (Å²) in [5, 5.41) is 3.24. The van der Waals surface area contributed by atoms with E-state index in [2.05, 4.69) is 46.6 Å². The first-order valence-electron chi connectivity index (χ1n) is 10.9. The van der Waals surface area contributed by atoms with Gasteiger partial charge in [0, 0.05) is 13.1 Å². The van der Waals surface area contributed by atoms with E-state index in [1.807, 2.05) is 18.2 Å². The van der Waals surface area contributed by atoms with Crippen LogP contribution in [0.5, 0.6) is 0 Å². The van der Waals surface area contributed by atoms with Gasteiger partial charge in [0.25, 0.3) is 0 Å². The SMILES string of the molecule is O=C(NCc1cccc(CN2CCCC2)c1)[C@@H](c1ccccc1)C1CCCC1. The highest BCUT2D eigenvalue weighted by atomic mass is 16.1. The van der Waals surface area contributed by atoms with Gasteiger partial charge in [-0.15, -0.1) is 0 Å². The van der Waals surface area contributed by atoms with Gasteiger partial charge in [0.15, 0.2) is 0 Å². The minimum absolute atomic E-state index is 0.0171. The fourth-order valence-corrected chi connectivity index (χ4v) is 4.92. The number of rotatable bonds is 7. The third kappa shape index (κ3) is 4.82. The van der Waals surface area contributed by atoms with Crippen LogP contribution in [0.15, 0.2) is 54.6 Å². The van der Waals surface area contributed by atoms with Crippen LogP contribution >= 0.6 is 0 Å². The highest BCUT2D eigenvalue weighted by Crippen LogP contribution is 2.37. The summed E-state index contributed by atoms with van der Waals surface area (Å²) in [6, 6.07) is 19.1. The number of benzene rings is 2. The van der Waals surface area contributed by atoms with Gasteiger partial charge in [-0.3, -0.25) is 9.69 Å². The standard InChI is InChI=1S/C25H32N2O/c28-25(24(23-13-4-5-14-23)22-11-2-1-3-12-22)26-18-20-9-8-10-21(17-20)19-27-15-6-7-16-27/h1-3,8-12,17,23-24H,4-7,13-16,18-19H2,(H,26,28)/t24-/m0/s1. The molecule has 1 aliphatic heterocycles. The number of hydrogen-bond donors (Lipinski definition) is 1. The van der Waals surface area contributed by atoms with E-state index < -0.39 is 0 Å². The molecule has 2 aliphatic rings. The summed E-state index contributed by atoms with van der Waals surface area (Å²) in [4.78, 5) is 15.7. The fraction of sp³-hybridized carbons (Fsp3) is 0.480. The van der Waals surface area contributed by atoms with Gasteiger partial charge in [-0.1, -0.05) is 67.4 Å². The number of amides is 1. The average Bonchev–Trinajstić information content (AvgIpc) is 3.42. The fourth-order valence-electron chi connectivity index (χ4n) is 4.92. The Morgan fingerprint density at radius 3 is 2.39 bits per heavy atom. The third-order valence-electron chi connectivity index (χ3n) is 6.38. The van der Waals surface area contributed by atoms with Crippen LogP contribution in [0.3, 0.4) is 0 Å². The van der Waals surface area contributed by atoms with Crippen molar-refractivity contribution in [3.05, 3.63) is 71.3 Å². The molecule has 0 spiro atoms. The molecule has 3 heteroatoms. The van der Waals surface area contributed by atoms with Crippen molar-refractivity contribution in [2.45, 2.75) is 57.5 Å². The highest BCUT2D eigenvalue weighted by Gasteiger charge is 2.31. The lowest BCUT2D eigenvalue weighted by atomic mass is 9.84. The van der Waals surface area contributed by atoms with E-state index in [0.29, 0.717) is 12.5 Å². The van der Waals surface area contributed by atoms with Crippen molar-refractivity contribution in [3.63, 3.8) is 0 Å². The molecule has 0 aromatic heterocycles. The second kappa shape index (κ2) is 9.38. The molecule has 1 atom stereocenters. The molecule has 28 heavy (non-hydrogen) atoms. The maximum absolute atomic E-state index is 13.1. The van der Waals surface area contributed by atoms with Gasteiger partial charge in [0.1, 0.15) is 0 Å². The molecule has 1 saturated carbocycles. The molecule has 2 aromatic carbocycles. The van der Waals surface area contributed by atoms with Gasteiger partial charge >= 0.3 is 0 Å². The molecule has 1 N–H and O–H groups in total. The molecule has 2 fully saturated rings. The lowest BCUT2D eigenvalue weighted by molar-refractivity contribution is -0.123. The van der Waals surface area contributed by atoms with Crippen LogP contribution in [0, 0.1) is 5.92 Å². The summed E-state index contributed by atoms with van der Waals surface area (Å²) in [5.41, 5.74) is 3.71. The summed E-state index contributed by atoms with van der Waals surface area (Å²) in [6.45, 7) is 4.06. The minimum Gasteiger partial charge on any atom is -0.351 e. The van der Waals surface area contributed by atoms with Crippen molar-refractivity contribution in [2.24, 2.45) is 5.92 Å². The molecule has 1 saturated heterocycles. The van der Waals surface area contributed by atoms with E-state index in [4.69, 9.17) is 0 Å². The number of carbonyl (C=O) groups excluding carboxylic acids is 1. The van der Waals surface area contributed by atoms with Crippen molar-refractivity contribution in [1.29, 1.82) is 0 Å². The molecule has 0 unspecified atom stereocenters. The Labute approximate surface area is 169 Å². The Bertz CT molecular complexity index is 761. The molecular formula is C25H32N2O. The van der Waals surface area contributed by atoms with Gasteiger partial charge in [-0.05, 0) is 61.4 Å². The topological polar surface area (TPSA) is 32.3 Å². The Morgan fingerprint density at radius 1 is 0.929 bits per heavy atom. The van der Waals surface area contributed by atoms with E-state index in [9.17, 15) is 4.79 Å². The van der Waals surface area contributed by atoms with E-state index >= 15 is 0 Å². The maximum atomic E-state index is 13.1. The number of nitrogens with zero attached hydrogens (tertiary/aromatic N) is 1. The van der Waals surface area contributed by atoms with E-state index in [1.54, 1.807) is 0 Å². The average molecular weight is 377 g/mol. The smallest absolute Gasteiger partial charge is 0.228 e. The third-order valence-corrected chi connectivity index (χ3v) is 6.38. The zero-order valence-electron chi connectivity index (χ0n) is 16.8. The van der Waals surface area contributed by atoms with E-state index in [1.165, 1.54) is 49.9 Å². The van der Waals surface area contributed by atoms with E-state index in [0.717, 1.165) is 24.9 Å². The predicted molar refractivity (Wildman–Crippen MR) is 114 cm³/mol. The van der Waals surface area contributed by atoms with Gasteiger partial charge in [-0.25, -0.2) is 0 Å². The molecule has 2 aromatic rings. The van der Waals surface area contributed by atoms with Crippen molar-refractivity contribution >= 4 is 5.91 Å². The summed E-state index contributed by atoms with van der Waals surface area (Å²) >= 11 is 0. The largest absolute Gasteiger partial charge is 0.351 e. The normalized spacial score (nSPS) is 19.0.